The van der Waals surface area contributed by atoms with Crippen molar-refractivity contribution in [1.29, 1.82) is 0 Å². The summed E-state index contributed by atoms with van der Waals surface area (Å²) in [7, 11) is 0. The number of nitrogen functional groups attached to an aromatic ring is 1. The van der Waals surface area contributed by atoms with Crippen LogP contribution in [0.4, 0.5) is 5.69 Å². The first-order chi connectivity index (χ1) is 8.28. The average Bonchev–Trinajstić information content (AvgIpc) is 2.37. The predicted molar refractivity (Wildman–Crippen MR) is 77.0 cm³/mol. The topological polar surface area (TPSA) is 47.3 Å². The van der Waals surface area contributed by atoms with Crippen LogP contribution in [0.25, 0.3) is 0 Å². The van der Waals surface area contributed by atoms with Gasteiger partial charge in [-0.05, 0) is 30.2 Å². The van der Waals surface area contributed by atoms with E-state index in [2.05, 4.69) is 5.43 Å². The molecule has 0 aromatic heterocycles. The summed E-state index contributed by atoms with van der Waals surface area (Å²) in [5.41, 5.74) is 5.74. The molecule has 2 aromatic rings. The molecule has 0 fully saturated rings. The third-order valence-electron chi connectivity index (χ3n) is 2.47. The van der Waals surface area contributed by atoms with Crippen LogP contribution >= 0.6 is 12.4 Å². The lowest BCUT2D eigenvalue weighted by atomic mass is 10.2. The molecule has 3 N–H and O–H groups in total. The zero-order chi connectivity index (χ0) is 12.1. The number of rotatable bonds is 4. The molecule has 18 heavy (non-hydrogen) atoms. The van der Waals surface area contributed by atoms with E-state index in [1.54, 1.807) is 0 Å². The summed E-state index contributed by atoms with van der Waals surface area (Å²) in [5.74, 6) is 6.21. The first kappa shape index (κ1) is 14.4. The van der Waals surface area contributed by atoms with Gasteiger partial charge in [-0.15, -0.1) is 12.4 Å². The number of ether oxygens (including phenoxy) is 1. The molecular formula is C14H17ClN2O. The summed E-state index contributed by atoms with van der Waals surface area (Å²) in [4.78, 5) is 0. The zero-order valence-electron chi connectivity index (χ0n) is 10.2. The quantitative estimate of drug-likeness (QED) is 0.658. The Morgan fingerprint density at radius 3 is 2.50 bits per heavy atom. The minimum absolute atomic E-state index is 0. The fourth-order valence-corrected chi connectivity index (χ4v) is 1.66. The molecule has 0 aliphatic rings. The van der Waals surface area contributed by atoms with E-state index in [1.165, 1.54) is 0 Å². The van der Waals surface area contributed by atoms with Gasteiger partial charge in [-0.25, -0.2) is 0 Å². The summed E-state index contributed by atoms with van der Waals surface area (Å²) in [5, 5.41) is 0. The van der Waals surface area contributed by atoms with Crippen molar-refractivity contribution in [2.24, 2.45) is 5.84 Å². The van der Waals surface area contributed by atoms with Crippen molar-refractivity contribution in [1.82, 2.24) is 0 Å². The first-order valence-electron chi connectivity index (χ1n) is 5.53. The number of hydrazine groups is 1. The number of halogens is 1. The summed E-state index contributed by atoms with van der Waals surface area (Å²) < 4.78 is 5.72. The molecule has 0 bridgehead atoms. The standard InChI is InChI=1S/C14H16N2O.ClH/c1-11-7-13(16-15)9-14(8-11)17-10-12-5-3-2-4-6-12;/h2-9,16H,10,15H2,1H3;1H. The van der Waals surface area contributed by atoms with Crippen LogP contribution in [0.15, 0.2) is 48.5 Å². The summed E-state index contributed by atoms with van der Waals surface area (Å²) in [6, 6.07) is 15.9. The van der Waals surface area contributed by atoms with Gasteiger partial charge in [0, 0.05) is 6.07 Å². The Balaban J connectivity index is 0.00000162. The Morgan fingerprint density at radius 2 is 1.83 bits per heavy atom. The normalized spacial score (nSPS) is 9.44. The molecule has 0 amide bonds. The molecule has 0 aliphatic heterocycles. The maximum atomic E-state index is 5.72. The number of aryl methyl sites for hydroxylation is 1. The lowest BCUT2D eigenvalue weighted by Gasteiger charge is -2.09. The largest absolute Gasteiger partial charge is 0.489 e. The molecule has 2 aromatic carbocycles. The molecule has 3 nitrogen and oxygen atoms in total. The molecule has 0 saturated heterocycles. The van der Waals surface area contributed by atoms with Crippen molar-refractivity contribution >= 4 is 18.1 Å². The lowest BCUT2D eigenvalue weighted by Crippen LogP contribution is -2.07. The Labute approximate surface area is 113 Å². The van der Waals surface area contributed by atoms with Crippen molar-refractivity contribution in [3.8, 4) is 5.75 Å². The van der Waals surface area contributed by atoms with E-state index in [9.17, 15) is 0 Å². The van der Waals surface area contributed by atoms with Crippen molar-refractivity contribution < 1.29 is 4.74 Å². The van der Waals surface area contributed by atoms with Gasteiger partial charge in [0.2, 0.25) is 0 Å². The number of hydrogen-bond acceptors (Lipinski definition) is 3. The highest BCUT2D eigenvalue weighted by Gasteiger charge is 1.99. The highest BCUT2D eigenvalue weighted by atomic mass is 35.5. The summed E-state index contributed by atoms with van der Waals surface area (Å²) in [6.45, 7) is 2.57. The van der Waals surface area contributed by atoms with Crippen molar-refractivity contribution in [2.75, 3.05) is 5.43 Å². The highest BCUT2D eigenvalue weighted by Crippen LogP contribution is 2.20. The van der Waals surface area contributed by atoms with E-state index in [-0.39, 0.29) is 12.4 Å². The summed E-state index contributed by atoms with van der Waals surface area (Å²) in [6.07, 6.45) is 0. The third kappa shape index (κ3) is 3.95. The molecule has 0 atom stereocenters. The van der Waals surface area contributed by atoms with E-state index in [0.29, 0.717) is 6.61 Å². The highest BCUT2D eigenvalue weighted by molar-refractivity contribution is 5.85. The Morgan fingerprint density at radius 1 is 1.11 bits per heavy atom. The maximum absolute atomic E-state index is 5.72. The van der Waals surface area contributed by atoms with E-state index in [1.807, 2.05) is 55.5 Å². The van der Waals surface area contributed by atoms with Crippen LogP contribution in [0, 0.1) is 6.92 Å². The second-order valence-electron chi connectivity index (χ2n) is 3.95. The third-order valence-corrected chi connectivity index (χ3v) is 2.47. The van der Waals surface area contributed by atoms with E-state index < -0.39 is 0 Å². The molecule has 2 rings (SSSR count). The van der Waals surface area contributed by atoms with Gasteiger partial charge in [-0.2, -0.15) is 0 Å². The Hall–Kier alpha value is -1.71. The molecule has 0 aliphatic carbocycles. The molecule has 0 saturated carbocycles. The van der Waals surface area contributed by atoms with Crippen LogP contribution in [0.1, 0.15) is 11.1 Å². The van der Waals surface area contributed by atoms with Gasteiger partial charge in [0.1, 0.15) is 12.4 Å². The molecule has 0 heterocycles. The fraction of sp³-hybridized carbons (Fsp3) is 0.143. The Bertz CT molecular complexity index is 488. The summed E-state index contributed by atoms with van der Waals surface area (Å²) >= 11 is 0. The van der Waals surface area contributed by atoms with Gasteiger partial charge in [0.25, 0.3) is 0 Å². The van der Waals surface area contributed by atoms with E-state index in [0.717, 1.165) is 22.6 Å². The van der Waals surface area contributed by atoms with Crippen molar-refractivity contribution in [3.05, 3.63) is 59.7 Å². The number of benzene rings is 2. The average molecular weight is 265 g/mol. The molecule has 0 unspecified atom stereocenters. The zero-order valence-corrected chi connectivity index (χ0v) is 11.0. The van der Waals surface area contributed by atoms with Gasteiger partial charge in [0.15, 0.2) is 0 Å². The van der Waals surface area contributed by atoms with E-state index >= 15 is 0 Å². The molecular weight excluding hydrogens is 248 g/mol. The van der Waals surface area contributed by atoms with Crippen molar-refractivity contribution in [3.63, 3.8) is 0 Å². The monoisotopic (exact) mass is 264 g/mol. The van der Waals surface area contributed by atoms with Crippen LogP contribution in [-0.2, 0) is 6.61 Å². The van der Waals surface area contributed by atoms with Crippen LogP contribution in [0.5, 0.6) is 5.75 Å². The first-order valence-corrected chi connectivity index (χ1v) is 5.53. The molecule has 96 valence electrons. The fourth-order valence-electron chi connectivity index (χ4n) is 1.66. The number of anilines is 1. The van der Waals surface area contributed by atoms with Gasteiger partial charge in [-0.3, -0.25) is 5.84 Å². The smallest absolute Gasteiger partial charge is 0.122 e. The second kappa shape index (κ2) is 6.89. The maximum Gasteiger partial charge on any atom is 0.122 e. The van der Waals surface area contributed by atoms with Crippen LogP contribution in [-0.4, -0.2) is 0 Å². The van der Waals surface area contributed by atoms with Crippen LogP contribution < -0.4 is 16.0 Å². The lowest BCUT2D eigenvalue weighted by molar-refractivity contribution is 0.306. The number of nitrogens with two attached hydrogens (primary N) is 1. The second-order valence-corrected chi connectivity index (χ2v) is 3.95. The van der Waals surface area contributed by atoms with Gasteiger partial charge in [-0.1, -0.05) is 30.3 Å². The molecule has 0 radical (unpaired) electrons. The minimum Gasteiger partial charge on any atom is -0.489 e. The Kier molecular flexibility index (Phi) is 5.49. The SMILES string of the molecule is Cc1cc(NN)cc(OCc2ccccc2)c1.Cl. The number of nitrogens with one attached hydrogen (secondary N) is 1. The van der Waals surface area contributed by atoms with Crippen LogP contribution in [0.2, 0.25) is 0 Å². The van der Waals surface area contributed by atoms with Gasteiger partial charge in [0.05, 0.1) is 5.69 Å². The van der Waals surface area contributed by atoms with Gasteiger partial charge >= 0.3 is 0 Å². The van der Waals surface area contributed by atoms with E-state index in [4.69, 9.17) is 10.6 Å². The number of hydrogen-bond donors (Lipinski definition) is 2. The minimum atomic E-state index is 0. The van der Waals surface area contributed by atoms with Crippen molar-refractivity contribution in [2.45, 2.75) is 13.5 Å². The molecule has 4 heteroatoms. The molecule has 0 spiro atoms. The van der Waals surface area contributed by atoms with Gasteiger partial charge < -0.3 is 10.2 Å². The predicted octanol–water partition coefficient (Wildman–Crippen LogP) is 3.28. The van der Waals surface area contributed by atoms with Crippen LogP contribution in [0.3, 0.4) is 0 Å².